The summed E-state index contributed by atoms with van der Waals surface area (Å²) in [5.41, 5.74) is 12.1. The quantitative estimate of drug-likeness (QED) is 0.559. The maximum atomic E-state index is 6.25. The van der Waals surface area contributed by atoms with Gasteiger partial charge in [0.15, 0.2) is 5.69 Å². The first-order valence-electron chi connectivity index (χ1n) is 7.95. The lowest BCUT2D eigenvalue weighted by Crippen LogP contribution is -2.35. The molecule has 3 N–H and O–H groups in total. The smallest absolute Gasteiger partial charge is 0.214 e. The van der Waals surface area contributed by atoms with Crippen LogP contribution in [0.5, 0.6) is 0 Å². The number of aromatic amines is 1. The molecule has 114 valence electrons. The lowest BCUT2D eigenvalue weighted by atomic mass is 10.0. The van der Waals surface area contributed by atoms with Gasteiger partial charge < -0.3 is 10.7 Å². The molecule has 0 radical (unpaired) electrons. The molecule has 4 aromatic rings. The van der Waals surface area contributed by atoms with Crippen molar-refractivity contribution in [2.24, 2.45) is 7.05 Å². The number of hydrogen-bond acceptors (Lipinski definition) is 1. The third-order valence-corrected chi connectivity index (χ3v) is 4.65. The Morgan fingerprint density at radius 1 is 0.957 bits per heavy atom. The van der Waals surface area contributed by atoms with E-state index in [0.29, 0.717) is 0 Å². The molecule has 0 fully saturated rings. The number of rotatable bonds is 3. The van der Waals surface area contributed by atoms with Gasteiger partial charge in [-0.1, -0.05) is 30.3 Å². The first-order chi connectivity index (χ1) is 11.2. The minimum atomic E-state index is 0.854. The monoisotopic (exact) mass is 302 g/mol. The van der Waals surface area contributed by atoms with E-state index >= 15 is 0 Å². The van der Waals surface area contributed by atoms with Crippen LogP contribution in [0.2, 0.25) is 0 Å². The molecule has 4 rings (SSSR count). The lowest BCUT2D eigenvalue weighted by Gasteiger charge is -2.06. The van der Waals surface area contributed by atoms with Gasteiger partial charge in [-0.15, -0.1) is 0 Å². The average Bonchev–Trinajstić information content (AvgIpc) is 3.00. The Balaban J connectivity index is 1.69. The van der Waals surface area contributed by atoms with Crippen LogP contribution in [0, 0.1) is 0 Å². The Hall–Kier alpha value is -2.81. The molecule has 3 heteroatoms. The molecular formula is C20H20N3+. The number of anilines is 1. The van der Waals surface area contributed by atoms with Crippen LogP contribution in [0.1, 0.15) is 11.3 Å². The van der Waals surface area contributed by atoms with Crippen LogP contribution in [0.3, 0.4) is 0 Å². The molecule has 0 saturated heterocycles. The van der Waals surface area contributed by atoms with Gasteiger partial charge in [0, 0.05) is 35.7 Å². The molecule has 3 nitrogen and oxygen atoms in total. The van der Waals surface area contributed by atoms with E-state index in [1.165, 1.54) is 27.7 Å². The summed E-state index contributed by atoms with van der Waals surface area (Å²) in [5, 5.41) is 2.43. The highest BCUT2D eigenvalue weighted by Gasteiger charge is 2.15. The number of H-pyrrole nitrogens is 1. The molecule has 0 aliphatic carbocycles. The Kier molecular flexibility index (Phi) is 3.27. The Bertz CT molecular complexity index is 998. The standard InChI is InChI=1S/C20H19N3/c1-23-15(12-18(21)17-7-3-5-9-20(17)23)11-10-14-13-22-19-8-4-2-6-16(14)19/h2-9,12-13,21-22H,10-11H2,1H3/p+1. The number of aromatic nitrogens is 2. The fourth-order valence-corrected chi connectivity index (χ4v) is 3.36. The van der Waals surface area contributed by atoms with Crippen LogP contribution in [-0.4, -0.2) is 4.98 Å². The molecule has 0 bridgehead atoms. The first kappa shape index (κ1) is 13.8. The number of hydrogen-bond donors (Lipinski definition) is 2. The molecule has 23 heavy (non-hydrogen) atoms. The number of nitrogens with one attached hydrogen (secondary N) is 1. The highest BCUT2D eigenvalue weighted by atomic mass is 14.9. The summed E-state index contributed by atoms with van der Waals surface area (Å²) in [5.74, 6) is 0. The molecular weight excluding hydrogens is 282 g/mol. The maximum absolute atomic E-state index is 6.25. The summed E-state index contributed by atoms with van der Waals surface area (Å²) in [7, 11) is 2.12. The molecule has 0 aliphatic rings. The minimum Gasteiger partial charge on any atom is -0.398 e. The molecule has 0 spiro atoms. The highest BCUT2D eigenvalue weighted by molar-refractivity contribution is 5.88. The van der Waals surface area contributed by atoms with E-state index in [4.69, 9.17) is 5.73 Å². The van der Waals surface area contributed by atoms with Crippen molar-refractivity contribution < 1.29 is 4.57 Å². The van der Waals surface area contributed by atoms with Crippen LogP contribution in [0.25, 0.3) is 21.8 Å². The van der Waals surface area contributed by atoms with Gasteiger partial charge in [-0.25, -0.2) is 0 Å². The lowest BCUT2D eigenvalue weighted by molar-refractivity contribution is -0.652. The minimum absolute atomic E-state index is 0.854. The molecule has 0 unspecified atom stereocenters. The van der Waals surface area contributed by atoms with Gasteiger partial charge in [0.2, 0.25) is 5.52 Å². The second-order valence-corrected chi connectivity index (χ2v) is 6.03. The van der Waals surface area contributed by atoms with E-state index in [-0.39, 0.29) is 0 Å². The van der Waals surface area contributed by atoms with E-state index in [1.54, 1.807) is 0 Å². The van der Waals surface area contributed by atoms with Gasteiger partial charge in [0.05, 0.1) is 11.1 Å². The van der Waals surface area contributed by atoms with Crippen molar-refractivity contribution >= 4 is 27.5 Å². The second kappa shape index (κ2) is 5.43. The third-order valence-electron chi connectivity index (χ3n) is 4.65. The van der Waals surface area contributed by atoms with Gasteiger partial charge in [0.25, 0.3) is 0 Å². The summed E-state index contributed by atoms with van der Waals surface area (Å²) in [6.45, 7) is 0. The van der Waals surface area contributed by atoms with Crippen molar-refractivity contribution in [3.8, 4) is 0 Å². The number of benzene rings is 2. The zero-order chi connectivity index (χ0) is 15.8. The molecule has 0 atom stereocenters. The van der Waals surface area contributed by atoms with Crippen LogP contribution >= 0.6 is 0 Å². The van der Waals surface area contributed by atoms with Gasteiger partial charge in [0.1, 0.15) is 7.05 Å². The van der Waals surface area contributed by atoms with Gasteiger partial charge in [-0.2, -0.15) is 4.57 Å². The van der Waals surface area contributed by atoms with Crippen molar-refractivity contribution in [2.45, 2.75) is 12.8 Å². The molecule has 2 aromatic heterocycles. The third kappa shape index (κ3) is 2.34. The number of nitrogen functional groups attached to an aromatic ring is 1. The summed E-state index contributed by atoms with van der Waals surface area (Å²) in [4.78, 5) is 3.35. The summed E-state index contributed by atoms with van der Waals surface area (Å²) in [6, 6.07) is 18.9. The van der Waals surface area contributed by atoms with E-state index in [2.05, 4.69) is 71.3 Å². The van der Waals surface area contributed by atoms with E-state index in [9.17, 15) is 0 Å². The van der Waals surface area contributed by atoms with Crippen LogP contribution < -0.4 is 10.3 Å². The zero-order valence-electron chi connectivity index (χ0n) is 13.2. The van der Waals surface area contributed by atoms with Crippen molar-refractivity contribution in [1.82, 2.24) is 4.98 Å². The fraction of sp³-hybridized carbons (Fsp3) is 0.150. The molecule has 0 aliphatic heterocycles. The Morgan fingerprint density at radius 3 is 2.57 bits per heavy atom. The number of nitrogens with zero attached hydrogens (tertiary/aromatic N) is 1. The molecule has 2 heterocycles. The van der Waals surface area contributed by atoms with Gasteiger partial charge in [-0.3, -0.25) is 0 Å². The van der Waals surface area contributed by atoms with Crippen LogP contribution in [0.4, 0.5) is 5.69 Å². The van der Waals surface area contributed by atoms with E-state index < -0.39 is 0 Å². The first-order valence-corrected chi connectivity index (χ1v) is 7.95. The Morgan fingerprint density at radius 2 is 1.70 bits per heavy atom. The average molecular weight is 302 g/mol. The van der Waals surface area contributed by atoms with Crippen molar-refractivity contribution in [3.05, 3.63) is 72.1 Å². The molecule has 0 saturated carbocycles. The number of para-hydroxylation sites is 2. The predicted molar refractivity (Wildman–Crippen MR) is 95.2 cm³/mol. The Labute approximate surface area is 135 Å². The van der Waals surface area contributed by atoms with E-state index in [1.807, 2.05) is 6.07 Å². The summed E-state index contributed by atoms with van der Waals surface area (Å²) in [6.07, 6.45) is 4.08. The maximum Gasteiger partial charge on any atom is 0.214 e. The summed E-state index contributed by atoms with van der Waals surface area (Å²) >= 11 is 0. The van der Waals surface area contributed by atoms with Gasteiger partial charge in [-0.05, 0) is 24.1 Å². The zero-order valence-corrected chi connectivity index (χ0v) is 13.2. The second-order valence-electron chi connectivity index (χ2n) is 6.03. The van der Waals surface area contributed by atoms with Gasteiger partial charge >= 0.3 is 0 Å². The fourth-order valence-electron chi connectivity index (χ4n) is 3.36. The number of aryl methyl sites for hydroxylation is 3. The molecule has 0 amide bonds. The van der Waals surface area contributed by atoms with Crippen LogP contribution in [0.15, 0.2) is 60.8 Å². The van der Waals surface area contributed by atoms with Crippen molar-refractivity contribution in [2.75, 3.05) is 5.73 Å². The highest BCUT2D eigenvalue weighted by Crippen LogP contribution is 2.22. The summed E-state index contributed by atoms with van der Waals surface area (Å²) < 4.78 is 2.25. The molecule has 2 aromatic carbocycles. The predicted octanol–water partition coefficient (Wildman–Crippen LogP) is 3.51. The number of fused-ring (bicyclic) bond motifs is 2. The van der Waals surface area contributed by atoms with Crippen molar-refractivity contribution in [1.29, 1.82) is 0 Å². The normalized spacial score (nSPS) is 11.3. The van der Waals surface area contributed by atoms with E-state index in [0.717, 1.165) is 23.9 Å². The SMILES string of the molecule is C[n+]1c(CCc2c[nH]c3ccccc23)cc(N)c2ccccc21. The van der Waals surface area contributed by atoms with Crippen LogP contribution in [-0.2, 0) is 19.9 Å². The topological polar surface area (TPSA) is 45.7 Å². The number of pyridine rings is 1. The number of nitrogens with two attached hydrogens (primary N) is 1. The largest absolute Gasteiger partial charge is 0.398 e. The van der Waals surface area contributed by atoms with Crippen molar-refractivity contribution in [3.63, 3.8) is 0 Å².